The Kier molecular flexibility index (Phi) is 6.97. The summed E-state index contributed by atoms with van der Waals surface area (Å²) < 4.78 is 16.5. The average molecular weight is 453 g/mol. The Morgan fingerprint density at radius 3 is 2.50 bits per heavy atom. The van der Waals surface area contributed by atoms with Crippen molar-refractivity contribution in [3.05, 3.63) is 65.0 Å². The van der Waals surface area contributed by atoms with E-state index in [-0.39, 0.29) is 5.91 Å². The molecule has 168 valence electrons. The van der Waals surface area contributed by atoms with Crippen molar-refractivity contribution in [1.29, 1.82) is 0 Å². The number of carbonyl (C=O) groups excluding carboxylic acids is 1. The first-order valence-electron chi connectivity index (χ1n) is 10.6. The van der Waals surface area contributed by atoms with Crippen LogP contribution in [0.25, 0.3) is 11.1 Å². The number of thiophene rings is 1. The fourth-order valence-electron chi connectivity index (χ4n) is 3.91. The molecule has 2 aromatic carbocycles. The number of rotatable bonds is 7. The van der Waals surface area contributed by atoms with Gasteiger partial charge in [-0.05, 0) is 17.7 Å². The number of anilines is 1. The third-order valence-corrected chi connectivity index (χ3v) is 6.73. The maximum absolute atomic E-state index is 13.4. The molecule has 0 bridgehead atoms. The van der Waals surface area contributed by atoms with Gasteiger partial charge in [-0.1, -0.05) is 42.5 Å². The monoisotopic (exact) mass is 452 g/mol. The van der Waals surface area contributed by atoms with Crippen LogP contribution in [0.1, 0.15) is 15.2 Å². The molecule has 1 saturated heterocycles. The van der Waals surface area contributed by atoms with E-state index in [0.29, 0.717) is 31.3 Å². The second-order valence-electron chi connectivity index (χ2n) is 7.61. The van der Waals surface area contributed by atoms with E-state index < -0.39 is 0 Å². The molecule has 0 spiro atoms. The smallest absolute Gasteiger partial charge is 0.264 e. The van der Waals surface area contributed by atoms with Crippen LogP contribution in [0, 0.1) is 0 Å². The standard InChI is InChI=1S/C25H28N2O4S/c1-26(17-19-10-7-11-21(29-2)23(19)30-3)24(28)22-16-20(18-8-5-4-6-9-18)25(32-22)27-12-14-31-15-13-27/h4-11,16H,12-15,17H2,1-3H3. The lowest BCUT2D eigenvalue weighted by molar-refractivity contribution is 0.0789. The molecule has 1 fully saturated rings. The van der Waals surface area contributed by atoms with Gasteiger partial charge in [-0.2, -0.15) is 0 Å². The van der Waals surface area contributed by atoms with Gasteiger partial charge >= 0.3 is 0 Å². The Balaban J connectivity index is 1.63. The predicted octanol–water partition coefficient (Wildman–Crippen LogP) is 4.54. The summed E-state index contributed by atoms with van der Waals surface area (Å²) in [5.74, 6) is 1.29. The van der Waals surface area contributed by atoms with E-state index in [4.69, 9.17) is 14.2 Å². The highest BCUT2D eigenvalue weighted by Gasteiger charge is 2.24. The molecule has 3 aromatic rings. The lowest BCUT2D eigenvalue weighted by Gasteiger charge is -2.28. The lowest BCUT2D eigenvalue weighted by Crippen LogP contribution is -2.35. The Morgan fingerprint density at radius 2 is 1.81 bits per heavy atom. The van der Waals surface area contributed by atoms with Gasteiger partial charge in [0, 0.05) is 37.8 Å². The van der Waals surface area contributed by atoms with Crippen LogP contribution in [0.5, 0.6) is 11.5 Å². The molecule has 0 atom stereocenters. The molecule has 32 heavy (non-hydrogen) atoms. The van der Waals surface area contributed by atoms with Crippen LogP contribution in [0.4, 0.5) is 5.00 Å². The fraction of sp³-hybridized carbons (Fsp3) is 0.320. The van der Waals surface area contributed by atoms with Crippen LogP contribution >= 0.6 is 11.3 Å². The molecule has 2 heterocycles. The van der Waals surface area contributed by atoms with Gasteiger partial charge in [0.2, 0.25) is 0 Å². The largest absolute Gasteiger partial charge is 0.493 e. The van der Waals surface area contributed by atoms with Crippen molar-refractivity contribution in [3.8, 4) is 22.6 Å². The van der Waals surface area contributed by atoms with Crippen molar-refractivity contribution in [3.63, 3.8) is 0 Å². The zero-order valence-corrected chi connectivity index (χ0v) is 19.5. The summed E-state index contributed by atoms with van der Waals surface area (Å²) in [5.41, 5.74) is 3.10. The summed E-state index contributed by atoms with van der Waals surface area (Å²) in [6.45, 7) is 3.47. The van der Waals surface area contributed by atoms with Gasteiger partial charge in [0.25, 0.3) is 5.91 Å². The zero-order chi connectivity index (χ0) is 22.5. The summed E-state index contributed by atoms with van der Waals surface area (Å²) in [5, 5.41) is 1.12. The summed E-state index contributed by atoms with van der Waals surface area (Å²) in [7, 11) is 5.04. The van der Waals surface area contributed by atoms with Gasteiger partial charge in [0.05, 0.1) is 37.3 Å². The van der Waals surface area contributed by atoms with Crippen LogP contribution in [0.3, 0.4) is 0 Å². The number of hydrogen-bond donors (Lipinski definition) is 0. The molecule has 7 heteroatoms. The van der Waals surface area contributed by atoms with Crippen molar-refractivity contribution in [2.75, 3.05) is 52.5 Å². The SMILES string of the molecule is COc1cccc(CN(C)C(=O)c2cc(-c3ccccc3)c(N3CCOCC3)s2)c1OC. The minimum atomic E-state index is -0.0171. The molecule has 1 aliphatic rings. The number of morpholine rings is 1. The highest BCUT2D eigenvalue weighted by atomic mass is 32.1. The first kappa shape index (κ1) is 22.2. The van der Waals surface area contributed by atoms with Gasteiger partial charge < -0.3 is 24.0 Å². The van der Waals surface area contributed by atoms with Gasteiger partial charge in [-0.15, -0.1) is 11.3 Å². The van der Waals surface area contributed by atoms with Gasteiger partial charge in [-0.3, -0.25) is 4.79 Å². The third kappa shape index (κ3) is 4.59. The quantitative estimate of drug-likeness (QED) is 0.527. The van der Waals surface area contributed by atoms with Gasteiger partial charge in [-0.25, -0.2) is 0 Å². The first-order valence-corrected chi connectivity index (χ1v) is 11.4. The molecule has 1 aliphatic heterocycles. The van der Waals surface area contributed by atoms with E-state index in [1.165, 1.54) is 0 Å². The number of amides is 1. The second kappa shape index (κ2) is 10.1. The zero-order valence-electron chi connectivity index (χ0n) is 18.7. The molecule has 1 amide bonds. The molecular formula is C25H28N2O4S. The van der Waals surface area contributed by atoms with E-state index in [0.717, 1.165) is 39.7 Å². The molecule has 0 radical (unpaired) electrons. The van der Waals surface area contributed by atoms with Crippen molar-refractivity contribution < 1.29 is 19.0 Å². The van der Waals surface area contributed by atoms with Crippen LogP contribution in [-0.4, -0.2) is 58.4 Å². The van der Waals surface area contributed by atoms with E-state index >= 15 is 0 Å². The van der Waals surface area contributed by atoms with Crippen LogP contribution in [0.15, 0.2) is 54.6 Å². The minimum absolute atomic E-state index is 0.0171. The normalized spacial score (nSPS) is 13.7. The first-order chi connectivity index (χ1) is 15.6. The van der Waals surface area contributed by atoms with Gasteiger partial charge in [0.15, 0.2) is 11.5 Å². The number of hydrogen-bond acceptors (Lipinski definition) is 6. The number of carbonyl (C=O) groups is 1. The maximum atomic E-state index is 13.4. The topological polar surface area (TPSA) is 51.2 Å². The summed E-state index contributed by atoms with van der Waals surface area (Å²) in [4.78, 5) is 18.2. The van der Waals surface area contributed by atoms with Crippen molar-refractivity contribution >= 4 is 22.2 Å². The fourth-order valence-corrected chi connectivity index (χ4v) is 5.13. The number of ether oxygens (including phenoxy) is 3. The molecule has 0 saturated carbocycles. The molecule has 6 nitrogen and oxygen atoms in total. The molecular weight excluding hydrogens is 424 g/mol. The number of benzene rings is 2. The van der Waals surface area contributed by atoms with Crippen molar-refractivity contribution in [2.24, 2.45) is 0 Å². The Bertz CT molecular complexity index is 1060. The lowest BCUT2D eigenvalue weighted by atomic mass is 10.1. The minimum Gasteiger partial charge on any atom is -0.493 e. The Labute approximate surface area is 192 Å². The van der Waals surface area contributed by atoms with Gasteiger partial charge in [0.1, 0.15) is 0 Å². The Morgan fingerprint density at radius 1 is 1.06 bits per heavy atom. The maximum Gasteiger partial charge on any atom is 0.264 e. The molecule has 0 N–H and O–H groups in total. The van der Waals surface area contributed by atoms with Crippen LogP contribution < -0.4 is 14.4 Å². The second-order valence-corrected chi connectivity index (χ2v) is 8.64. The number of para-hydroxylation sites is 1. The number of nitrogens with zero attached hydrogens (tertiary/aromatic N) is 2. The summed E-state index contributed by atoms with van der Waals surface area (Å²) >= 11 is 1.55. The van der Waals surface area contributed by atoms with Crippen molar-refractivity contribution in [2.45, 2.75) is 6.54 Å². The average Bonchev–Trinajstić information content (AvgIpc) is 3.30. The van der Waals surface area contributed by atoms with E-state index in [1.807, 2.05) is 49.5 Å². The molecule has 4 rings (SSSR count). The Hall–Kier alpha value is -3.03. The third-order valence-electron chi connectivity index (χ3n) is 5.55. The van der Waals surface area contributed by atoms with E-state index in [2.05, 4.69) is 17.0 Å². The molecule has 1 aromatic heterocycles. The number of methoxy groups -OCH3 is 2. The highest BCUT2D eigenvalue weighted by molar-refractivity contribution is 7.18. The van der Waals surface area contributed by atoms with E-state index in [1.54, 1.807) is 30.5 Å². The van der Waals surface area contributed by atoms with E-state index in [9.17, 15) is 4.79 Å². The van der Waals surface area contributed by atoms with Crippen molar-refractivity contribution in [1.82, 2.24) is 4.90 Å². The molecule has 0 unspecified atom stereocenters. The molecule has 0 aliphatic carbocycles. The summed E-state index contributed by atoms with van der Waals surface area (Å²) in [6.07, 6.45) is 0. The highest BCUT2D eigenvalue weighted by Crippen LogP contribution is 2.40. The van der Waals surface area contributed by atoms with Crippen LogP contribution in [0.2, 0.25) is 0 Å². The summed E-state index contributed by atoms with van der Waals surface area (Å²) in [6, 6.07) is 18.0. The predicted molar refractivity (Wildman–Crippen MR) is 128 cm³/mol. The van der Waals surface area contributed by atoms with Crippen LogP contribution in [-0.2, 0) is 11.3 Å².